The number of ether oxygens (including phenoxy) is 1. The minimum atomic E-state index is -0.709. The van der Waals surface area contributed by atoms with E-state index in [-0.39, 0.29) is 12.0 Å². The van der Waals surface area contributed by atoms with Gasteiger partial charge < -0.3 is 4.74 Å². The summed E-state index contributed by atoms with van der Waals surface area (Å²) in [6.07, 6.45) is 10.9. The fourth-order valence-electron chi connectivity index (χ4n) is 1.45. The van der Waals surface area contributed by atoms with Crippen molar-refractivity contribution in [3.63, 3.8) is 0 Å². The number of esters is 1. The molecule has 0 aromatic rings. The first-order valence-corrected chi connectivity index (χ1v) is 7.09. The Bertz CT molecular complexity index is 329. The van der Waals surface area contributed by atoms with Gasteiger partial charge in [-0.25, -0.2) is 4.79 Å². The van der Waals surface area contributed by atoms with Crippen LogP contribution < -0.4 is 0 Å². The van der Waals surface area contributed by atoms with E-state index in [1.807, 2.05) is 39.0 Å². The molecule has 108 valence electrons. The van der Waals surface area contributed by atoms with Crippen molar-refractivity contribution in [2.24, 2.45) is 5.92 Å². The van der Waals surface area contributed by atoms with E-state index >= 15 is 0 Å². The SMILES string of the molecule is CC=CCCC=CC(CC)OC(=O)C(=O)C(C)CC. The first-order chi connectivity index (χ1) is 9.06. The van der Waals surface area contributed by atoms with Crippen molar-refractivity contribution in [1.29, 1.82) is 0 Å². The Kier molecular flexibility index (Phi) is 9.77. The summed E-state index contributed by atoms with van der Waals surface area (Å²) in [4.78, 5) is 23.3. The Labute approximate surface area is 116 Å². The van der Waals surface area contributed by atoms with Gasteiger partial charge in [-0.2, -0.15) is 0 Å². The van der Waals surface area contributed by atoms with Gasteiger partial charge in [0.15, 0.2) is 0 Å². The lowest BCUT2D eigenvalue weighted by molar-refractivity contribution is -0.158. The lowest BCUT2D eigenvalue weighted by atomic mass is 10.0. The molecule has 0 N–H and O–H groups in total. The third-order valence-electron chi connectivity index (χ3n) is 3.01. The van der Waals surface area contributed by atoms with Crippen molar-refractivity contribution in [3.8, 4) is 0 Å². The molecule has 0 fully saturated rings. The molecule has 3 heteroatoms. The molecule has 3 nitrogen and oxygen atoms in total. The highest BCUT2D eigenvalue weighted by Crippen LogP contribution is 2.08. The quantitative estimate of drug-likeness (QED) is 0.276. The molecule has 0 saturated carbocycles. The number of carbonyl (C=O) groups is 2. The van der Waals surface area contributed by atoms with Crippen LogP contribution in [0.2, 0.25) is 0 Å². The monoisotopic (exact) mass is 266 g/mol. The maximum atomic E-state index is 11.6. The van der Waals surface area contributed by atoms with E-state index in [1.54, 1.807) is 6.92 Å². The number of ketones is 1. The van der Waals surface area contributed by atoms with Gasteiger partial charge >= 0.3 is 5.97 Å². The molecule has 2 unspecified atom stereocenters. The molecule has 0 bridgehead atoms. The third kappa shape index (κ3) is 7.60. The van der Waals surface area contributed by atoms with Crippen LogP contribution in [0.3, 0.4) is 0 Å². The minimum absolute atomic E-state index is 0.260. The van der Waals surface area contributed by atoms with Crippen LogP contribution in [0.5, 0.6) is 0 Å². The van der Waals surface area contributed by atoms with Gasteiger partial charge in [-0.15, -0.1) is 0 Å². The van der Waals surface area contributed by atoms with Gasteiger partial charge in [-0.05, 0) is 38.7 Å². The van der Waals surface area contributed by atoms with Crippen molar-refractivity contribution >= 4 is 11.8 Å². The summed E-state index contributed by atoms with van der Waals surface area (Å²) in [5, 5.41) is 0. The second-order valence-corrected chi connectivity index (χ2v) is 4.60. The number of unbranched alkanes of at least 4 members (excludes halogenated alkanes) is 1. The predicted molar refractivity (Wildman–Crippen MR) is 77.8 cm³/mol. The van der Waals surface area contributed by atoms with E-state index in [0.717, 1.165) is 12.8 Å². The van der Waals surface area contributed by atoms with Gasteiger partial charge in [0.05, 0.1) is 0 Å². The van der Waals surface area contributed by atoms with Crippen molar-refractivity contribution < 1.29 is 14.3 Å². The molecule has 19 heavy (non-hydrogen) atoms. The van der Waals surface area contributed by atoms with E-state index in [4.69, 9.17) is 4.74 Å². The molecule has 0 heterocycles. The molecule has 0 rings (SSSR count). The molecule has 0 aromatic carbocycles. The number of hydrogen-bond acceptors (Lipinski definition) is 3. The minimum Gasteiger partial charge on any atom is -0.452 e. The first-order valence-electron chi connectivity index (χ1n) is 7.09. The van der Waals surface area contributed by atoms with Gasteiger partial charge in [-0.1, -0.05) is 39.0 Å². The number of Topliss-reactive ketones (excluding diaryl/α,β-unsaturated/α-hetero) is 1. The molecular formula is C16H26O3. The van der Waals surface area contributed by atoms with E-state index < -0.39 is 11.8 Å². The number of allylic oxidation sites excluding steroid dienone is 3. The summed E-state index contributed by atoms with van der Waals surface area (Å²) < 4.78 is 5.20. The lowest BCUT2D eigenvalue weighted by Crippen LogP contribution is -2.27. The fourth-order valence-corrected chi connectivity index (χ4v) is 1.45. The van der Waals surface area contributed by atoms with Crippen LogP contribution in [0.1, 0.15) is 53.4 Å². The second kappa shape index (κ2) is 10.5. The summed E-state index contributed by atoms with van der Waals surface area (Å²) in [5.74, 6) is -1.40. The molecule has 0 aromatic heterocycles. The van der Waals surface area contributed by atoms with Crippen LogP contribution in [0, 0.1) is 5.92 Å². The highest BCUT2D eigenvalue weighted by atomic mass is 16.5. The average Bonchev–Trinajstić information content (AvgIpc) is 2.43. The topological polar surface area (TPSA) is 43.4 Å². The molecule has 0 spiro atoms. The van der Waals surface area contributed by atoms with E-state index in [2.05, 4.69) is 6.08 Å². The fraction of sp³-hybridized carbons (Fsp3) is 0.625. The number of carbonyl (C=O) groups excluding carboxylic acids is 2. The zero-order valence-electron chi connectivity index (χ0n) is 12.5. The molecule has 0 radical (unpaired) electrons. The average molecular weight is 266 g/mol. The maximum absolute atomic E-state index is 11.6. The van der Waals surface area contributed by atoms with Crippen molar-refractivity contribution in [3.05, 3.63) is 24.3 Å². The zero-order chi connectivity index (χ0) is 14.7. The number of rotatable bonds is 9. The van der Waals surface area contributed by atoms with Gasteiger partial charge in [-0.3, -0.25) is 4.79 Å². The Morgan fingerprint density at radius 3 is 2.26 bits per heavy atom. The van der Waals surface area contributed by atoms with Gasteiger partial charge in [0.2, 0.25) is 5.78 Å². The Morgan fingerprint density at radius 1 is 1.11 bits per heavy atom. The maximum Gasteiger partial charge on any atom is 0.375 e. The molecule has 2 atom stereocenters. The highest BCUT2D eigenvalue weighted by Gasteiger charge is 2.23. The highest BCUT2D eigenvalue weighted by molar-refractivity contribution is 6.34. The molecule has 0 aliphatic heterocycles. The van der Waals surface area contributed by atoms with Crippen LogP contribution >= 0.6 is 0 Å². The molecular weight excluding hydrogens is 240 g/mol. The summed E-state index contributed by atoms with van der Waals surface area (Å²) in [6, 6.07) is 0. The van der Waals surface area contributed by atoms with Crippen LogP contribution in [0.25, 0.3) is 0 Å². The molecule has 0 amide bonds. The van der Waals surface area contributed by atoms with E-state index in [9.17, 15) is 9.59 Å². The lowest BCUT2D eigenvalue weighted by Gasteiger charge is -2.13. The predicted octanol–water partition coefficient (Wildman–Crippen LogP) is 3.84. The third-order valence-corrected chi connectivity index (χ3v) is 3.01. The van der Waals surface area contributed by atoms with E-state index in [1.165, 1.54) is 0 Å². The van der Waals surface area contributed by atoms with Gasteiger partial charge in [0.25, 0.3) is 0 Å². The standard InChI is InChI=1S/C16H26O3/c1-5-8-9-10-11-12-14(7-3)19-16(18)15(17)13(4)6-2/h5,8,11-14H,6-7,9-10H2,1-4H3. The van der Waals surface area contributed by atoms with Crippen molar-refractivity contribution in [2.75, 3.05) is 0 Å². The zero-order valence-corrected chi connectivity index (χ0v) is 12.5. The first kappa shape index (κ1) is 17.6. The molecule has 0 aliphatic carbocycles. The summed E-state index contributed by atoms with van der Waals surface area (Å²) in [7, 11) is 0. The van der Waals surface area contributed by atoms with Crippen LogP contribution in [0.4, 0.5) is 0 Å². The normalized spacial score (nSPS) is 14.7. The molecule has 0 saturated heterocycles. The number of hydrogen-bond donors (Lipinski definition) is 0. The van der Waals surface area contributed by atoms with Crippen molar-refractivity contribution in [2.45, 2.75) is 59.5 Å². The van der Waals surface area contributed by atoms with Gasteiger partial charge in [0.1, 0.15) is 6.10 Å². The Morgan fingerprint density at radius 2 is 1.74 bits per heavy atom. The Hall–Kier alpha value is -1.38. The second-order valence-electron chi connectivity index (χ2n) is 4.60. The summed E-state index contributed by atoms with van der Waals surface area (Å²) in [6.45, 7) is 7.55. The van der Waals surface area contributed by atoms with Crippen LogP contribution in [-0.2, 0) is 14.3 Å². The van der Waals surface area contributed by atoms with Gasteiger partial charge in [0, 0.05) is 5.92 Å². The summed E-state index contributed by atoms with van der Waals surface area (Å²) in [5.41, 5.74) is 0. The van der Waals surface area contributed by atoms with Crippen LogP contribution in [-0.4, -0.2) is 17.9 Å². The molecule has 0 aliphatic rings. The Balaban J connectivity index is 4.24. The van der Waals surface area contributed by atoms with Crippen LogP contribution in [0.15, 0.2) is 24.3 Å². The largest absolute Gasteiger partial charge is 0.452 e. The summed E-state index contributed by atoms with van der Waals surface area (Å²) >= 11 is 0. The van der Waals surface area contributed by atoms with Crippen molar-refractivity contribution in [1.82, 2.24) is 0 Å². The smallest absolute Gasteiger partial charge is 0.375 e. The van der Waals surface area contributed by atoms with E-state index in [0.29, 0.717) is 12.8 Å².